The predicted octanol–water partition coefficient (Wildman–Crippen LogP) is 2.14. The van der Waals surface area contributed by atoms with Crippen LogP contribution in [0, 0.1) is 10.1 Å². The third-order valence-corrected chi connectivity index (χ3v) is 2.83. The fourth-order valence-corrected chi connectivity index (χ4v) is 1.77. The number of carbonyl (C=O) groups excluding carboxylic acids is 1. The lowest BCUT2D eigenvalue weighted by Crippen LogP contribution is -2.21. The molecule has 0 aliphatic heterocycles. The van der Waals surface area contributed by atoms with Crippen molar-refractivity contribution in [1.82, 2.24) is 4.90 Å². The Morgan fingerprint density at radius 2 is 2.14 bits per heavy atom. The van der Waals surface area contributed by atoms with Crippen molar-refractivity contribution in [3.63, 3.8) is 0 Å². The van der Waals surface area contributed by atoms with Crippen LogP contribution in [0.5, 0.6) is 0 Å². The molecule has 0 aliphatic carbocycles. The first kappa shape index (κ1) is 16.9. The van der Waals surface area contributed by atoms with E-state index in [4.69, 9.17) is 4.74 Å². The molecule has 0 saturated heterocycles. The number of hydrogen-bond acceptors (Lipinski definition) is 5. The van der Waals surface area contributed by atoms with Gasteiger partial charge in [-0.05, 0) is 25.5 Å². The summed E-state index contributed by atoms with van der Waals surface area (Å²) in [5.74, 6) is -0.263. The molecule has 1 aromatic rings. The maximum Gasteiger partial charge on any atom is 0.293 e. The van der Waals surface area contributed by atoms with Gasteiger partial charge in [-0.3, -0.25) is 14.9 Å². The quantitative estimate of drug-likeness (QED) is 0.451. The van der Waals surface area contributed by atoms with Gasteiger partial charge in [0.05, 0.1) is 4.92 Å². The van der Waals surface area contributed by atoms with E-state index in [-0.39, 0.29) is 11.6 Å². The molecule has 0 aliphatic rings. The van der Waals surface area contributed by atoms with Crippen LogP contribution in [0.1, 0.15) is 23.7 Å². The van der Waals surface area contributed by atoms with Crippen LogP contribution in [0.4, 0.5) is 11.4 Å². The monoisotopic (exact) mass is 295 g/mol. The minimum Gasteiger partial charge on any atom is -0.382 e. The fraction of sp³-hybridized carbons (Fsp3) is 0.500. The number of nitrogens with one attached hydrogen (secondary N) is 1. The van der Waals surface area contributed by atoms with Crippen molar-refractivity contribution in [2.45, 2.75) is 13.3 Å². The van der Waals surface area contributed by atoms with Crippen molar-refractivity contribution in [2.75, 3.05) is 39.2 Å². The summed E-state index contributed by atoms with van der Waals surface area (Å²) in [6.07, 6.45) is 0.753. The Kier molecular flexibility index (Phi) is 6.61. The van der Waals surface area contributed by atoms with Crippen molar-refractivity contribution in [3.05, 3.63) is 33.9 Å². The second-order valence-corrected chi connectivity index (χ2v) is 4.67. The van der Waals surface area contributed by atoms with E-state index in [2.05, 4.69) is 5.32 Å². The van der Waals surface area contributed by atoms with Gasteiger partial charge in [0.1, 0.15) is 5.69 Å². The standard InChI is InChI=1S/C14H21N3O4/c1-4-21-9-5-8-15-12-7-6-11(14(18)16(2)3)10-13(12)17(19)20/h6-7,10,15H,4-5,8-9H2,1-3H3. The van der Waals surface area contributed by atoms with Crippen molar-refractivity contribution in [1.29, 1.82) is 0 Å². The van der Waals surface area contributed by atoms with Gasteiger partial charge in [0.15, 0.2) is 0 Å². The second kappa shape index (κ2) is 8.21. The molecule has 0 spiro atoms. The molecular weight excluding hydrogens is 274 g/mol. The third kappa shape index (κ3) is 5.03. The van der Waals surface area contributed by atoms with Crippen molar-refractivity contribution < 1.29 is 14.5 Å². The predicted molar refractivity (Wildman–Crippen MR) is 80.7 cm³/mol. The van der Waals surface area contributed by atoms with E-state index in [1.54, 1.807) is 26.2 Å². The molecule has 0 bridgehead atoms. The van der Waals surface area contributed by atoms with Crippen molar-refractivity contribution >= 4 is 17.3 Å². The van der Waals surface area contributed by atoms with Gasteiger partial charge < -0.3 is 15.0 Å². The Hall–Kier alpha value is -2.15. The lowest BCUT2D eigenvalue weighted by molar-refractivity contribution is -0.384. The van der Waals surface area contributed by atoms with Crippen LogP contribution < -0.4 is 5.32 Å². The van der Waals surface area contributed by atoms with Gasteiger partial charge in [-0.1, -0.05) is 0 Å². The fourth-order valence-electron chi connectivity index (χ4n) is 1.77. The van der Waals surface area contributed by atoms with Gasteiger partial charge in [-0.2, -0.15) is 0 Å². The Morgan fingerprint density at radius 1 is 1.43 bits per heavy atom. The average molecular weight is 295 g/mol. The molecule has 1 aromatic carbocycles. The highest BCUT2D eigenvalue weighted by Gasteiger charge is 2.18. The van der Waals surface area contributed by atoms with Crippen LogP contribution >= 0.6 is 0 Å². The maximum atomic E-state index is 11.8. The van der Waals surface area contributed by atoms with Gasteiger partial charge in [-0.15, -0.1) is 0 Å². The summed E-state index contributed by atoms with van der Waals surface area (Å²) in [5.41, 5.74) is 0.609. The smallest absolute Gasteiger partial charge is 0.293 e. The lowest BCUT2D eigenvalue weighted by atomic mass is 10.1. The number of anilines is 1. The first-order valence-corrected chi connectivity index (χ1v) is 6.79. The molecule has 0 radical (unpaired) electrons. The molecule has 1 amide bonds. The highest BCUT2D eigenvalue weighted by molar-refractivity contribution is 5.95. The minimum absolute atomic E-state index is 0.0980. The summed E-state index contributed by atoms with van der Waals surface area (Å²) in [6.45, 7) is 3.75. The SMILES string of the molecule is CCOCCCNc1ccc(C(=O)N(C)C)cc1[N+](=O)[O-]. The molecule has 7 nitrogen and oxygen atoms in total. The number of nitro groups is 1. The highest BCUT2D eigenvalue weighted by Crippen LogP contribution is 2.26. The molecule has 0 unspecified atom stereocenters. The number of rotatable bonds is 8. The van der Waals surface area contributed by atoms with Gasteiger partial charge in [-0.25, -0.2) is 0 Å². The summed E-state index contributed by atoms with van der Waals surface area (Å²) >= 11 is 0. The van der Waals surface area contributed by atoms with Crippen LogP contribution in [0.15, 0.2) is 18.2 Å². The number of carbonyl (C=O) groups is 1. The zero-order chi connectivity index (χ0) is 15.8. The van der Waals surface area contributed by atoms with E-state index in [0.29, 0.717) is 31.0 Å². The first-order chi connectivity index (χ1) is 9.97. The third-order valence-electron chi connectivity index (χ3n) is 2.83. The number of nitrogens with zero attached hydrogens (tertiary/aromatic N) is 2. The molecule has 21 heavy (non-hydrogen) atoms. The largest absolute Gasteiger partial charge is 0.382 e. The second-order valence-electron chi connectivity index (χ2n) is 4.67. The van der Waals surface area contributed by atoms with E-state index >= 15 is 0 Å². The first-order valence-electron chi connectivity index (χ1n) is 6.79. The van der Waals surface area contributed by atoms with E-state index in [1.807, 2.05) is 6.92 Å². The number of benzene rings is 1. The summed E-state index contributed by atoms with van der Waals surface area (Å²) in [4.78, 5) is 23.8. The molecule has 0 atom stereocenters. The van der Waals surface area contributed by atoms with Gasteiger partial charge >= 0.3 is 0 Å². The normalized spacial score (nSPS) is 10.2. The average Bonchev–Trinajstić information content (AvgIpc) is 2.46. The Balaban J connectivity index is 2.80. The molecule has 1 rings (SSSR count). The summed E-state index contributed by atoms with van der Waals surface area (Å²) in [6, 6.07) is 4.45. The number of amides is 1. The Morgan fingerprint density at radius 3 is 2.71 bits per heavy atom. The van der Waals surface area contributed by atoms with E-state index in [0.717, 1.165) is 6.42 Å². The van der Waals surface area contributed by atoms with Crippen molar-refractivity contribution in [2.24, 2.45) is 0 Å². The van der Waals surface area contributed by atoms with Gasteiger partial charge in [0, 0.05) is 45.5 Å². The Bertz CT molecular complexity index is 503. The molecule has 0 heterocycles. The lowest BCUT2D eigenvalue weighted by Gasteiger charge is -2.12. The van der Waals surface area contributed by atoms with Crippen LogP contribution in [-0.2, 0) is 4.74 Å². The molecule has 0 fully saturated rings. The molecule has 0 aromatic heterocycles. The van der Waals surface area contributed by atoms with E-state index in [9.17, 15) is 14.9 Å². The van der Waals surface area contributed by atoms with Crippen molar-refractivity contribution in [3.8, 4) is 0 Å². The Labute approximate surface area is 124 Å². The number of ether oxygens (including phenoxy) is 1. The van der Waals surface area contributed by atoms with E-state index < -0.39 is 4.92 Å². The highest BCUT2D eigenvalue weighted by atomic mass is 16.6. The van der Waals surface area contributed by atoms with Crippen LogP contribution in [0.2, 0.25) is 0 Å². The van der Waals surface area contributed by atoms with E-state index in [1.165, 1.54) is 11.0 Å². The molecule has 1 N–H and O–H groups in total. The van der Waals surface area contributed by atoms with Crippen LogP contribution in [0.3, 0.4) is 0 Å². The topological polar surface area (TPSA) is 84.7 Å². The van der Waals surface area contributed by atoms with Gasteiger partial charge in [0.25, 0.3) is 11.6 Å². The molecule has 116 valence electrons. The summed E-state index contributed by atoms with van der Waals surface area (Å²) in [7, 11) is 3.21. The van der Waals surface area contributed by atoms with Crippen LogP contribution in [-0.4, -0.2) is 49.6 Å². The van der Waals surface area contributed by atoms with Gasteiger partial charge in [0.2, 0.25) is 0 Å². The maximum absolute atomic E-state index is 11.8. The summed E-state index contributed by atoms with van der Waals surface area (Å²) < 4.78 is 5.20. The molecule has 7 heteroatoms. The minimum atomic E-state index is -0.489. The number of nitro benzene ring substituents is 1. The summed E-state index contributed by atoms with van der Waals surface area (Å²) in [5, 5.41) is 14.1. The number of hydrogen-bond donors (Lipinski definition) is 1. The molecule has 0 saturated carbocycles. The zero-order valence-electron chi connectivity index (χ0n) is 12.6. The zero-order valence-corrected chi connectivity index (χ0v) is 12.6. The van der Waals surface area contributed by atoms with Crippen LogP contribution in [0.25, 0.3) is 0 Å². The molecular formula is C14H21N3O4.